The second kappa shape index (κ2) is 7.57. The summed E-state index contributed by atoms with van der Waals surface area (Å²) < 4.78 is 5.79. The molecule has 0 radical (unpaired) electrons. The second-order valence-electron chi connectivity index (χ2n) is 5.23. The number of thiazole rings is 1. The Morgan fingerprint density at radius 2 is 2.00 bits per heavy atom. The van der Waals surface area contributed by atoms with E-state index in [-0.39, 0.29) is 6.61 Å². The Hall–Kier alpha value is -1.39. The number of rotatable bonds is 7. The van der Waals surface area contributed by atoms with Crippen LogP contribution in [0.1, 0.15) is 40.1 Å². The van der Waals surface area contributed by atoms with Gasteiger partial charge in [0.25, 0.3) is 0 Å². The lowest BCUT2D eigenvalue weighted by Gasteiger charge is -2.07. The van der Waals surface area contributed by atoms with Crippen LogP contribution in [0.2, 0.25) is 0 Å². The largest absolute Gasteiger partial charge is 0.493 e. The molecule has 0 fully saturated rings. The van der Waals surface area contributed by atoms with Crippen molar-refractivity contribution in [3.05, 3.63) is 44.9 Å². The van der Waals surface area contributed by atoms with Crippen molar-refractivity contribution in [3.63, 3.8) is 0 Å². The molecule has 0 aliphatic heterocycles. The highest BCUT2D eigenvalue weighted by atomic mass is 32.1. The molecule has 3 nitrogen and oxygen atoms in total. The summed E-state index contributed by atoms with van der Waals surface area (Å²) >= 11 is 1.60. The van der Waals surface area contributed by atoms with Gasteiger partial charge in [-0.05, 0) is 43.5 Å². The molecule has 1 heterocycles. The van der Waals surface area contributed by atoms with E-state index < -0.39 is 0 Å². The van der Waals surface area contributed by atoms with Crippen LogP contribution in [0.3, 0.4) is 0 Å². The van der Waals surface area contributed by atoms with Gasteiger partial charge in [0.15, 0.2) is 0 Å². The Morgan fingerprint density at radius 3 is 2.67 bits per heavy atom. The van der Waals surface area contributed by atoms with Crippen LogP contribution in [0.4, 0.5) is 0 Å². The van der Waals surface area contributed by atoms with E-state index in [9.17, 15) is 5.11 Å². The number of aryl methyl sites for hydroxylation is 3. The van der Waals surface area contributed by atoms with Gasteiger partial charge in [0.2, 0.25) is 0 Å². The van der Waals surface area contributed by atoms with Crippen LogP contribution >= 0.6 is 11.3 Å². The van der Waals surface area contributed by atoms with Crippen LogP contribution in [-0.2, 0) is 19.4 Å². The Morgan fingerprint density at radius 1 is 1.19 bits per heavy atom. The van der Waals surface area contributed by atoms with Crippen LogP contribution in [0, 0.1) is 13.8 Å². The molecule has 0 bridgehead atoms. The van der Waals surface area contributed by atoms with Gasteiger partial charge in [0.05, 0.1) is 28.8 Å². The number of aliphatic hydroxyl groups excluding tert-OH is 1. The highest BCUT2D eigenvalue weighted by molar-refractivity contribution is 7.11. The highest BCUT2D eigenvalue weighted by Gasteiger charge is 2.09. The zero-order chi connectivity index (χ0) is 15.2. The molecule has 2 aromatic rings. The molecule has 2 rings (SSSR count). The molecule has 0 saturated carbocycles. The molecule has 0 amide bonds. The fraction of sp³-hybridized carbons (Fsp3) is 0.471. The van der Waals surface area contributed by atoms with Crippen molar-refractivity contribution >= 4 is 11.3 Å². The van der Waals surface area contributed by atoms with Gasteiger partial charge < -0.3 is 9.84 Å². The minimum atomic E-state index is 0.0883. The summed E-state index contributed by atoms with van der Waals surface area (Å²) in [6.07, 6.45) is 2.77. The average molecular weight is 305 g/mol. The standard InChI is InChI=1S/C17H23NO2S/c1-4-5-15-16(11-19)21-17(18-15)8-9-20-14-7-6-12(2)13(3)10-14/h6-7,10,19H,4-5,8-9,11H2,1-3H3. The van der Waals surface area contributed by atoms with Gasteiger partial charge in [0, 0.05) is 6.42 Å². The van der Waals surface area contributed by atoms with Crippen LogP contribution in [0.5, 0.6) is 5.75 Å². The fourth-order valence-corrected chi connectivity index (χ4v) is 3.12. The van der Waals surface area contributed by atoms with Gasteiger partial charge in [-0.2, -0.15) is 0 Å². The SMILES string of the molecule is CCCc1nc(CCOc2ccc(C)c(C)c2)sc1CO. The van der Waals surface area contributed by atoms with Gasteiger partial charge in [-0.25, -0.2) is 4.98 Å². The maximum Gasteiger partial charge on any atom is 0.119 e. The summed E-state index contributed by atoms with van der Waals surface area (Å²) in [6.45, 7) is 7.02. The normalized spacial score (nSPS) is 10.9. The summed E-state index contributed by atoms with van der Waals surface area (Å²) in [5, 5.41) is 10.4. The number of hydrogen-bond donors (Lipinski definition) is 1. The van der Waals surface area contributed by atoms with Crippen LogP contribution < -0.4 is 4.74 Å². The van der Waals surface area contributed by atoms with E-state index in [1.165, 1.54) is 11.1 Å². The quantitative estimate of drug-likeness (QED) is 0.845. The molecule has 0 aliphatic carbocycles. The minimum absolute atomic E-state index is 0.0883. The predicted octanol–water partition coefficient (Wildman–Crippen LogP) is 3.83. The number of nitrogens with zero attached hydrogens (tertiary/aromatic N) is 1. The summed E-state index contributed by atoms with van der Waals surface area (Å²) in [7, 11) is 0. The van der Waals surface area contributed by atoms with Gasteiger partial charge in [0.1, 0.15) is 5.75 Å². The maximum atomic E-state index is 9.36. The molecule has 4 heteroatoms. The third kappa shape index (κ3) is 4.29. The molecular formula is C17H23NO2S. The molecule has 0 atom stereocenters. The fourth-order valence-electron chi connectivity index (χ4n) is 2.16. The summed E-state index contributed by atoms with van der Waals surface area (Å²) in [5.74, 6) is 0.908. The number of ether oxygens (including phenoxy) is 1. The van der Waals surface area contributed by atoms with Gasteiger partial charge in [-0.3, -0.25) is 0 Å². The summed E-state index contributed by atoms with van der Waals surface area (Å²) in [6, 6.07) is 6.15. The first-order valence-corrected chi connectivity index (χ1v) is 8.24. The molecular weight excluding hydrogens is 282 g/mol. The van der Waals surface area contributed by atoms with Crippen molar-refractivity contribution in [1.29, 1.82) is 0 Å². The predicted molar refractivity (Wildman–Crippen MR) is 87.1 cm³/mol. The van der Waals surface area contributed by atoms with Gasteiger partial charge in [-0.1, -0.05) is 19.4 Å². The number of aliphatic hydroxyl groups is 1. The summed E-state index contributed by atoms with van der Waals surface area (Å²) in [4.78, 5) is 5.61. The third-order valence-electron chi connectivity index (χ3n) is 3.52. The Labute approximate surface area is 130 Å². The lowest BCUT2D eigenvalue weighted by molar-refractivity contribution is 0.284. The molecule has 0 unspecified atom stereocenters. The maximum absolute atomic E-state index is 9.36. The smallest absolute Gasteiger partial charge is 0.119 e. The van der Waals surface area contributed by atoms with E-state index >= 15 is 0 Å². The van der Waals surface area contributed by atoms with E-state index in [0.29, 0.717) is 6.61 Å². The topological polar surface area (TPSA) is 42.4 Å². The van der Waals surface area contributed by atoms with Crippen molar-refractivity contribution in [2.75, 3.05) is 6.61 Å². The number of hydrogen-bond acceptors (Lipinski definition) is 4. The molecule has 1 aromatic heterocycles. The van der Waals surface area contributed by atoms with Crippen LogP contribution in [0.25, 0.3) is 0 Å². The molecule has 21 heavy (non-hydrogen) atoms. The zero-order valence-corrected chi connectivity index (χ0v) is 13.8. The van der Waals surface area contributed by atoms with E-state index in [2.05, 4.69) is 37.9 Å². The second-order valence-corrected chi connectivity index (χ2v) is 6.40. The highest BCUT2D eigenvalue weighted by Crippen LogP contribution is 2.21. The lowest BCUT2D eigenvalue weighted by atomic mass is 10.1. The van der Waals surface area contributed by atoms with Gasteiger partial charge in [-0.15, -0.1) is 11.3 Å². The molecule has 0 saturated heterocycles. The summed E-state index contributed by atoms with van der Waals surface area (Å²) in [5.41, 5.74) is 3.57. The zero-order valence-electron chi connectivity index (χ0n) is 13.0. The molecule has 1 aromatic carbocycles. The molecule has 1 N–H and O–H groups in total. The van der Waals surface area contributed by atoms with E-state index in [4.69, 9.17) is 4.74 Å². The van der Waals surface area contributed by atoms with E-state index in [0.717, 1.165) is 40.6 Å². The first-order valence-electron chi connectivity index (χ1n) is 7.42. The first kappa shape index (κ1) is 16.0. The van der Waals surface area contributed by atoms with Crippen LogP contribution in [-0.4, -0.2) is 16.7 Å². The average Bonchev–Trinajstić information content (AvgIpc) is 2.85. The number of aromatic nitrogens is 1. The number of benzene rings is 1. The monoisotopic (exact) mass is 305 g/mol. The van der Waals surface area contributed by atoms with Crippen LogP contribution in [0.15, 0.2) is 18.2 Å². The molecule has 0 spiro atoms. The van der Waals surface area contributed by atoms with Crippen molar-refractivity contribution in [1.82, 2.24) is 4.98 Å². The van der Waals surface area contributed by atoms with Crippen molar-refractivity contribution in [2.24, 2.45) is 0 Å². The lowest BCUT2D eigenvalue weighted by Crippen LogP contribution is -2.01. The molecule has 114 valence electrons. The first-order chi connectivity index (χ1) is 10.1. The Balaban J connectivity index is 1.92. The Bertz CT molecular complexity index is 592. The molecule has 0 aliphatic rings. The Kier molecular flexibility index (Phi) is 5.76. The van der Waals surface area contributed by atoms with Crippen molar-refractivity contribution < 1.29 is 9.84 Å². The van der Waals surface area contributed by atoms with E-state index in [1.807, 2.05) is 6.07 Å². The third-order valence-corrected chi connectivity index (χ3v) is 4.66. The van der Waals surface area contributed by atoms with E-state index in [1.54, 1.807) is 11.3 Å². The van der Waals surface area contributed by atoms with Gasteiger partial charge >= 0.3 is 0 Å². The minimum Gasteiger partial charge on any atom is -0.493 e. The van der Waals surface area contributed by atoms with Crippen molar-refractivity contribution in [3.8, 4) is 5.75 Å². The van der Waals surface area contributed by atoms with Crippen molar-refractivity contribution in [2.45, 2.75) is 46.6 Å².